The van der Waals surface area contributed by atoms with Gasteiger partial charge in [-0.3, -0.25) is 4.79 Å². The Kier molecular flexibility index (Phi) is 6.54. The van der Waals surface area contributed by atoms with Crippen LogP contribution in [-0.2, 0) is 4.79 Å². The van der Waals surface area contributed by atoms with Crippen LogP contribution in [0.3, 0.4) is 0 Å². The Bertz CT molecular complexity index is 850. The molecule has 1 aliphatic rings. The van der Waals surface area contributed by atoms with E-state index in [2.05, 4.69) is 15.1 Å². The maximum atomic E-state index is 12.6. The van der Waals surface area contributed by atoms with Gasteiger partial charge in [0.1, 0.15) is 0 Å². The van der Waals surface area contributed by atoms with Gasteiger partial charge in [-0.25, -0.2) is 0 Å². The maximum Gasteiger partial charge on any atom is 0.246 e. The predicted molar refractivity (Wildman–Crippen MR) is 111 cm³/mol. The predicted octanol–water partition coefficient (Wildman–Crippen LogP) is 2.17. The number of aryl methyl sites for hydroxylation is 1. The van der Waals surface area contributed by atoms with Crippen LogP contribution in [0.1, 0.15) is 11.3 Å². The highest BCUT2D eigenvalue weighted by atomic mass is 16.5. The second kappa shape index (κ2) is 9.27. The lowest BCUT2D eigenvalue weighted by atomic mass is 10.1. The zero-order chi connectivity index (χ0) is 20.8. The number of ether oxygens (including phenoxy) is 3. The molecular weight excluding hydrogens is 372 g/mol. The first-order chi connectivity index (χ1) is 14.0. The van der Waals surface area contributed by atoms with E-state index < -0.39 is 0 Å². The third-order valence-corrected chi connectivity index (χ3v) is 4.80. The summed E-state index contributed by atoms with van der Waals surface area (Å²) in [4.78, 5) is 16.6. The van der Waals surface area contributed by atoms with Crippen LogP contribution in [0.4, 0.5) is 5.82 Å². The summed E-state index contributed by atoms with van der Waals surface area (Å²) < 4.78 is 16.0. The molecule has 29 heavy (non-hydrogen) atoms. The topological polar surface area (TPSA) is 77.0 Å². The van der Waals surface area contributed by atoms with Crippen molar-refractivity contribution in [3.05, 3.63) is 41.6 Å². The standard InChI is InChI=1S/C21H26N4O4/c1-15-5-7-19(23-22-15)24-9-11-25(12-10-24)20(26)8-6-16-13-17(27-2)21(29-4)18(14-16)28-3/h5-8,13-14H,9-12H2,1-4H3/b8-6+. The van der Waals surface area contributed by atoms with Crippen molar-refractivity contribution in [2.24, 2.45) is 0 Å². The Hall–Kier alpha value is -3.29. The molecule has 3 rings (SSSR count). The van der Waals surface area contributed by atoms with Gasteiger partial charge in [0.05, 0.1) is 27.0 Å². The maximum absolute atomic E-state index is 12.6. The second-order valence-corrected chi connectivity index (χ2v) is 6.64. The fourth-order valence-corrected chi connectivity index (χ4v) is 3.19. The quantitative estimate of drug-likeness (QED) is 0.690. The summed E-state index contributed by atoms with van der Waals surface area (Å²) in [5.41, 5.74) is 1.68. The first kappa shape index (κ1) is 20.4. The number of methoxy groups -OCH3 is 3. The van der Waals surface area contributed by atoms with E-state index in [9.17, 15) is 4.79 Å². The Labute approximate surface area is 170 Å². The first-order valence-electron chi connectivity index (χ1n) is 9.38. The van der Waals surface area contributed by atoms with Crippen LogP contribution in [0, 0.1) is 6.92 Å². The van der Waals surface area contributed by atoms with Gasteiger partial charge in [-0.15, -0.1) is 5.10 Å². The number of benzene rings is 1. The highest BCUT2D eigenvalue weighted by molar-refractivity contribution is 5.92. The highest BCUT2D eigenvalue weighted by Crippen LogP contribution is 2.38. The minimum absolute atomic E-state index is 0.0339. The van der Waals surface area contributed by atoms with Crippen molar-refractivity contribution in [1.29, 1.82) is 0 Å². The number of hydrogen-bond donors (Lipinski definition) is 0. The lowest BCUT2D eigenvalue weighted by molar-refractivity contribution is -0.126. The first-order valence-corrected chi connectivity index (χ1v) is 9.38. The number of anilines is 1. The Balaban J connectivity index is 1.63. The minimum atomic E-state index is -0.0339. The van der Waals surface area contributed by atoms with Crippen molar-refractivity contribution < 1.29 is 19.0 Å². The summed E-state index contributed by atoms with van der Waals surface area (Å²) >= 11 is 0. The fourth-order valence-electron chi connectivity index (χ4n) is 3.19. The molecular formula is C21H26N4O4. The molecule has 154 valence electrons. The van der Waals surface area contributed by atoms with E-state index in [0.29, 0.717) is 30.3 Å². The van der Waals surface area contributed by atoms with Gasteiger partial charge < -0.3 is 24.0 Å². The van der Waals surface area contributed by atoms with Gasteiger partial charge in [0, 0.05) is 32.3 Å². The van der Waals surface area contributed by atoms with E-state index in [1.54, 1.807) is 45.6 Å². The molecule has 0 bridgehead atoms. The summed E-state index contributed by atoms with van der Waals surface area (Å²) in [7, 11) is 4.68. The Morgan fingerprint density at radius 1 is 0.966 bits per heavy atom. The van der Waals surface area contributed by atoms with Crippen molar-refractivity contribution in [1.82, 2.24) is 15.1 Å². The zero-order valence-electron chi connectivity index (χ0n) is 17.2. The molecule has 0 aliphatic carbocycles. The number of piperazine rings is 1. The number of rotatable bonds is 6. The highest BCUT2D eigenvalue weighted by Gasteiger charge is 2.21. The van der Waals surface area contributed by atoms with Crippen molar-refractivity contribution in [3.8, 4) is 17.2 Å². The molecule has 0 saturated carbocycles. The van der Waals surface area contributed by atoms with Crippen molar-refractivity contribution in [2.45, 2.75) is 6.92 Å². The normalized spacial score (nSPS) is 14.2. The van der Waals surface area contributed by atoms with Crippen LogP contribution in [-0.4, -0.2) is 68.5 Å². The largest absolute Gasteiger partial charge is 0.493 e. The van der Waals surface area contributed by atoms with Gasteiger partial charge in [-0.2, -0.15) is 5.10 Å². The molecule has 8 heteroatoms. The van der Waals surface area contributed by atoms with Crippen LogP contribution >= 0.6 is 0 Å². The Morgan fingerprint density at radius 3 is 2.14 bits per heavy atom. The van der Waals surface area contributed by atoms with Crippen molar-refractivity contribution in [3.63, 3.8) is 0 Å². The van der Waals surface area contributed by atoms with Crippen LogP contribution in [0.15, 0.2) is 30.3 Å². The minimum Gasteiger partial charge on any atom is -0.493 e. The average molecular weight is 398 g/mol. The number of aromatic nitrogens is 2. The molecule has 1 aliphatic heterocycles. The van der Waals surface area contributed by atoms with Crippen molar-refractivity contribution in [2.75, 3.05) is 52.4 Å². The summed E-state index contributed by atoms with van der Waals surface area (Å²) in [5.74, 6) is 2.43. The number of amides is 1. The summed E-state index contributed by atoms with van der Waals surface area (Å²) in [6.45, 7) is 4.62. The second-order valence-electron chi connectivity index (χ2n) is 6.64. The summed E-state index contributed by atoms with van der Waals surface area (Å²) in [5, 5.41) is 8.32. The molecule has 8 nitrogen and oxygen atoms in total. The summed E-state index contributed by atoms with van der Waals surface area (Å²) in [6.07, 6.45) is 3.33. The van der Waals surface area contributed by atoms with E-state index in [1.165, 1.54) is 0 Å². The summed E-state index contributed by atoms with van der Waals surface area (Å²) in [6, 6.07) is 7.52. The zero-order valence-corrected chi connectivity index (χ0v) is 17.2. The van der Waals surface area contributed by atoms with Crippen LogP contribution in [0.5, 0.6) is 17.2 Å². The lowest BCUT2D eigenvalue weighted by Crippen LogP contribution is -2.48. The third kappa shape index (κ3) is 4.77. The molecule has 0 spiro atoms. The number of nitrogens with zero attached hydrogens (tertiary/aromatic N) is 4. The molecule has 1 fully saturated rings. The van der Waals surface area contributed by atoms with Crippen LogP contribution in [0.25, 0.3) is 6.08 Å². The van der Waals surface area contributed by atoms with E-state index in [4.69, 9.17) is 14.2 Å². The fraction of sp³-hybridized carbons (Fsp3) is 0.381. The number of carbonyl (C=O) groups is 1. The van der Waals surface area contributed by atoms with Gasteiger partial charge in [0.25, 0.3) is 0 Å². The molecule has 0 radical (unpaired) electrons. The molecule has 1 saturated heterocycles. The number of carbonyl (C=O) groups excluding carboxylic acids is 1. The van der Waals surface area contributed by atoms with E-state index in [0.717, 1.165) is 30.2 Å². The third-order valence-electron chi connectivity index (χ3n) is 4.80. The monoisotopic (exact) mass is 398 g/mol. The smallest absolute Gasteiger partial charge is 0.246 e. The molecule has 0 atom stereocenters. The number of hydrogen-bond acceptors (Lipinski definition) is 7. The SMILES string of the molecule is COc1cc(/C=C/C(=O)N2CCN(c3ccc(C)nn3)CC2)cc(OC)c1OC. The van der Waals surface area contributed by atoms with Crippen LogP contribution in [0.2, 0.25) is 0 Å². The van der Waals surface area contributed by atoms with Gasteiger partial charge in [0.2, 0.25) is 11.7 Å². The average Bonchev–Trinajstić information content (AvgIpc) is 2.77. The van der Waals surface area contributed by atoms with Crippen LogP contribution < -0.4 is 19.1 Å². The van der Waals surface area contributed by atoms with Gasteiger partial charge in [-0.1, -0.05) is 0 Å². The molecule has 1 aromatic heterocycles. The van der Waals surface area contributed by atoms with E-state index in [-0.39, 0.29) is 5.91 Å². The molecule has 0 unspecified atom stereocenters. The van der Waals surface area contributed by atoms with Crippen molar-refractivity contribution >= 4 is 17.8 Å². The van der Waals surface area contributed by atoms with E-state index in [1.807, 2.05) is 24.0 Å². The molecule has 1 amide bonds. The van der Waals surface area contributed by atoms with E-state index >= 15 is 0 Å². The Morgan fingerprint density at radius 2 is 1.62 bits per heavy atom. The lowest BCUT2D eigenvalue weighted by Gasteiger charge is -2.34. The molecule has 1 aromatic carbocycles. The van der Waals surface area contributed by atoms with Gasteiger partial charge in [-0.05, 0) is 42.8 Å². The van der Waals surface area contributed by atoms with Gasteiger partial charge >= 0.3 is 0 Å². The molecule has 0 N–H and O–H groups in total. The molecule has 2 heterocycles. The molecule has 2 aromatic rings. The van der Waals surface area contributed by atoms with Gasteiger partial charge in [0.15, 0.2) is 17.3 Å².